The predicted octanol–water partition coefficient (Wildman–Crippen LogP) is 14.7. The van der Waals surface area contributed by atoms with E-state index in [-0.39, 0.29) is 59.7 Å². The summed E-state index contributed by atoms with van der Waals surface area (Å²) >= 11 is 1.92. The SMILES string of the molecule is CC(C)(C)c1cc(-c2cc3cc4c(cc3cn2)sc2cc3c(cc24)C(C)(C)CCC3(C)C)[c-]c2ccccc12.CCC(CC)C(=O)/C=C(\O)C(CC)CC.[Ir]. The van der Waals surface area contributed by atoms with E-state index in [1.54, 1.807) is 0 Å². The van der Waals surface area contributed by atoms with Crippen LogP contribution in [0, 0.1) is 17.9 Å². The van der Waals surface area contributed by atoms with Crippen LogP contribution in [-0.4, -0.2) is 15.9 Å². The maximum atomic E-state index is 11.7. The van der Waals surface area contributed by atoms with E-state index >= 15 is 0 Å². The van der Waals surface area contributed by atoms with Crippen LogP contribution in [0.2, 0.25) is 0 Å². The van der Waals surface area contributed by atoms with E-state index in [0.29, 0.717) is 0 Å². The average Bonchev–Trinajstić information content (AvgIpc) is 3.48. The third-order valence-electron chi connectivity index (χ3n) is 12.2. The number of aliphatic hydroxyl groups excluding tert-OH is 1. The molecule has 0 fully saturated rings. The van der Waals surface area contributed by atoms with E-state index in [1.165, 1.54) is 71.9 Å². The number of ketones is 1. The maximum Gasteiger partial charge on any atom is 0.162 e. The first kappa shape index (κ1) is 42.8. The number of thiophene rings is 1. The molecule has 1 aliphatic rings. The summed E-state index contributed by atoms with van der Waals surface area (Å²) in [5.41, 5.74) is 6.91. The molecule has 0 bridgehead atoms. The first-order chi connectivity index (χ1) is 25.5. The molecule has 1 aliphatic carbocycles. The number of aromatic nitrogens is 1. The van der Waals surface area contributed by atoms with Gasteiger partial charge in [-0.1, -0.05) is 111 Å². The summed E-state index contributed by atoms with van der Waals surface area (Å²) in [5, 5.41) is 17.4. The van der Waals surface area contributed by atoms with Crippen LogP contribution in [0.25, 0.3) is 53.0 Å². The Morgan fingerprint density at radius 1 is 0.800 bits per heavy atom. The van der Waals surface area contributed by atoms with Crippen molar-refractivity contribution in [3.05, 3.63) is 101 Å². The molecule has 2 aromatic heterocycles. The Morgan fingerprint density at radius 3 is 2.00 bits per heavy atom. The topological polar surface area (TPSA) is 50.2 Å². The molecule has 6 aromatic rings. The van der Waals surface area contributed by atoms with Gasteiger partial charge in [0, 0.05) is 75.5 Å². The number of pyridine rings is 1. The van der Waals surface area contributed by atoms with E-state index in [1.807, 2.05) is 45.2 Å². The van der Waals surface area contributed by atoms with Crippen molar-refractivity contribution in [3.8, 4) is 11.3 Å². The van der Waals surface area contributed by atoms with Crippen LogP contribution >= 0.6 is 11.3 Å². The Kier molecular flexibility index (Phi) is 12.9. The zero-order chi connectivity index (χ0) is 39.2. The van der Waals surface area contributed by atoms with Gasteiger partial charge in [0.05, 0.1) is 5.76 Å². The van der Waals surface area contributed by atoms with E-state index in [9.17, 15) is 9.90 Å². The van der Waals surface area contributed by atoms with Gasteiger partial charge < -0.3 is 5.11 Å². The second kappa shape index (κ2) is 16.6. The number of allylic oxidation sites excluding steroid dienone is 2. The second-order valence-electron chi connectivity index (χ2n) is 17.9. The van der Waals surface area contributed by atoms with Crippen LogP contribution in [0.5, 0.6) is 0 Å². The number of hydrogen-bond acceptors (Lipinski definition) is 4. The smallest absolute Gasteiger partial charge is 0.162 e. The van der Waals surface area contributed by atoms with Crippen LogP contribution in [0.1, 0.15) is 131 Å². The molecule has 293 valence electrons. The van der Waals surface area contributed by atoms with Crippen molar-refractivity contribution >= 4 is 58.8 Å². The molecule has 2 heterocycles. The Bertz CT molecular complexity index is 2370. The van der Waals surface area contributed by atoms with Crippen molar-refractivity contribution in [2.24, 2.45) is 11.8 Å². The summed E-state index contributed by atoms with van der Waals surface area (Å²) in [5.74, 6) is 0.547. The van der Waals surface area contributed by atoms with Gasteiger partial charge in [-0.15, -0.1) is 40.5 Å². The minimum absolute atomic E-state index is 0. The number of rotatable bonds is 8. The van der Waals surface area contributed by atoms with Crippen LogP contribution < -0.4 is 0 Å². The monoisotopic (exact) mass is 931 g/mol. The molecule has 0 saturated heterocycles. The van der Waals surface area contributed by atoms with Gasteiger partial charge in [-0.2, -0.15) is 0 Å². The number of hydrogen-bond donors (Lipinski definition) is 1. The zero-order valence-corrected chi connectivity index (χ0v) is 38.1. The second-order valence-corrected chi connectivity index (χ2v) is 19.0. The first-order valence-electron chi connectivity index (χ1n) is 20.2. The molecule has 7 rings (SSSR count). The summed E-state index contributed by atoms with van der Waals surface area (Å²) in [6.07, 6.45) is 9.43. The van der Waals surface area contributed by atoms with Crippen LogP contribution in [0.15, 0.2) is 78.7 Å². The molecular weight excluding hydrogens is 871 g/mol. The molecule has 0 saturated carbocycles. The van der Waals surface area contributed by atoms with Gasteiger partial charge in [0.15, 0.2) is 5.78 Å². The van der Waals surface area contributed by atoms with Crippen LogP contribution in [0.4, 0.5) is 0 Å². The number of aliphatic hydroxyl groups is 1. The van der Waals surface area contributed by atoms with Gasteiger partial charge in [0.1, 0.15) is 0 Å². The summed E-state index contributed by atoms with van der Waals surface area (Å²) in [6, 6.07) is 26.6. The molecule has 0 spiro atoms. The van der Waals surface area contributed by atoms with Gasteiger partial charge in [-0.05, 0) is 95.5 Å². The average molecular weight is 931 g/mol. The summed E-state index contributed by atoms with van der Waals surface area (Å²) < 4.78 is 2.74. The quantitative estimate of drug-likeness (QED) is 0.0940. The number of nitrogens with zero attached hydrogens (tertiary/aromatic N) is 1. The molecule has 1 radical (unpaired) electrons. The van der Waals surface area contributed by atoms with Crippen molar-refractivity contribution in [1.82, 2.24) is 4.98 Å². The molecular formula is C50H60IrNO2S-. The van der Waals surface area contributed by atoms with E-state index in [2.05, 4.69) is 115 Å². The third kappa shape index (κ3) is 8.65. The van der Waals surface area contributed by atoms with Crippen molar-refractivity contribution in [2.45, 2.75) is 131 Å². The summed E-state index contributed by atoms with van der Waals surface area (Å²) in [7, 11) is 0. The van der Waals surface area contributed by atoms with Crippen molar-refractivity contribution in [2.75, 3.05) is 0 Å². The Balaban J connectivity index is 0.000000311. The summed E-state index contributed by atoms with van der Waals surface area (Å²) in [4.78, 5) is 16.7. The normalized spacial score (nSPS) is 15.3. The maximum absolute atomic E-state index is 11.7. The molecule has 5 heteroatoms. The van der Waals surface area contributed by atoms with Crippen LogP contribution in [-0.2, 0) is 41.1 Å². The first-order valence-corrected chi connectivity index (χ1v) is 21.0. The number of carbonyl (C=O) groups is 1. The molecule has 0 aliphatic heterocycles. The molecule has 0 unspecified atom stereocenters. The number of benzene rings is 4. The van der Waals surface area contributed by atoms with Gasteiger partial charge in [-0.3, -0.25) is 9.78 Å². The molecule has 55 heavy (non-hydrogen) atoms. The van der Waals surface area contributed by atoms with Gasteiger partial charge >= 0.3 is 0 Å². The van der Waals surface area contributed by atoms with Crippen molar-refractivity contribution in [1.29, 1.82) is 0 Å². The zero-order valence-electron chi connectivity index (χ0n) is 34.9. The molecule has 0 amide bonds. The standard InChI is InChI=1S/C37H36NS.C13H24O2.Ir/c1-35(2,3)29-16-24(14-22-10-8-9-11-26(22)29)32-17-23-15-27-28-19-30-31(37(6,7)13-12-36(30,4)5)20-34(28)39-33(27)18-25(23)21-38-32;1-5-10(6-2)12(14)9-13(15)11(7-3)8-4;/h8-11,15-21H,12-13H2,1-7H3;9-11,14H,5-8H2,1-4H3;/q-1;;/b;12-9-;. The van der Waals surface area contributed by atoms with Gasteiger partial charge in [0.2, 0.25) is 0 Å². The van der Waals surface area contributed by atoms with Crippen LogP contribution in [0.3, 0.4) is 0 Å². The third-order valence-corrected chi connectivity index (χ3v) is 13.3. The van der Waals surface area contributed by atoms with Crippen molar-refractivity contribution < 1.29 is 30.0 Å². The Labute approximate surface area is 347 Å². The predicted molar refractivity (Wildman–Crippen MR) is 234 cm³/mol. The van der Waals surface area contributed by atoms with Gasteiger partial charge in [0.25, 0.3) is 0 Å². The molecule has 4 aromatic carbocycles. The molecule has 0 atom stereocenters. The minimum Gasteiger partial charge on any atom is -0.512 e. The number of fused-ring (bicyclic) bond motifs is 6. The fraction of sp³-hybridized carbons (Fsp3) is 0.440. The molecule has 1 N–H and O–H groups in total. The van der Waals surface area contributed by atoms with E-state index in [4.69, 9.17) is 4.98 Å². The minimum atomic E-state index is 0. The van der Waals surface area contributed by atoms with E-state index < -0.39 is 0 Å². The van der Waals surface area contributed by atoms with E-state index in [0.717, 1.165) is 42.3 Å². The largest absolute Gasteiger partial charge is 0.512 e. The molecule has 3 nitrogen and oxygen atoms in total. The Morgan fingerprint density at radius 2 is 1.38 bits per heavy atom. The Hall–Kier alpha value is -3.37. The summed E-state index contributed by atoms with van der Waals surface area (Å²) in [6.45, 7) is 24.6. The fourth-order valence-corrected chi connectivity index (χ4v) is 9.55. The van der Waals surface area contributed by atoms with Crippen molar-refractivity contribution in [3.63, 3.8) is 0 Å². The van der Waals surface area contributed by atoms with Gasteiger partial charge in [-0.25, -0.2) is 0 Å². The fourth-order valence-electron chi connectivity index (χ4n) is 8.39. The number of carbonyl (C=O) groups excluding carboxylic acids is 1.